The maximum absolute atomic E-state index is 12.1. The Morgan fingerprint density at radius 2 is 1.56 bits per heavy atom. The Hall–Kier alpha value is -1.68. The van der Waals surface area contributed by atoms with E-state index in [4.69, 9.17) is 4.74 Å². The molecule has 0 saturated carbocycles. The van der Waals surface area contributed by atoms with Crippen molar-refractivity contribution >= 4 is 0 Å². The molecule has 0 bridgehead atoms. The Morgan fingerprint density at radius 3 is 2.15 bits per heavy atom. The number of hydrogen-bond donors (Lipinski definition) is 1. The van der Waals surface area contributed by atoms with Gasteiger partial charge in [-0.3, -0.25) is 4.90 Å². The number of benzene rings is 2. The highest BCUT2D eigenvalue weighted by Gasteiger charge is 2.40. The molecule has 1 aliphatic heterocycles. The van der Waals surface area contributed by atoms with E-state index >= 15 is 0 Å². The van der Waals surface area contributed by atoms with Gasteiger partial charge in [-0.05, 0) is 29.9 Å². The molecule has 3 heteroatoms. The lowest BCUT2D eigenvalue weighted by molar-refractivity contribution is -0.0311. The molecule has 146 valence electrons. The lowest BCUT2D eigenvalue weighted by Crippen LogP contribution is -2.45. The third kappa shape index (κ3) is 5.19. The first-order chi connectivity index (χ1) is 13.1. The maximum atomic E-state index is 12.1. The molecule has 3 nitrogen and oxygen atoms in total. The molecular weight excluding hydrogens is 334 g/mol. The van der Waals surface area contributed by atoms with Gasteiger partial charge in [-0.1, -0.05) is 74.5 Å². The zero-order valence-electron chi connectivity index (χ0n) is 16.7. The number of hydrogen-bond acceptors (Lipinski definition) is 3. The number of rotatable bonds is 8. The van der Waals surface area contributed by atoms with E-state index in [0.29, 0.717) is 5.92 Å². The second-order valence-electron chi connectivity index (χ2n) is 8.10. The number of ether oxygens (including phenoxy) is 1. The van der Waals surface area contributed by atoms with Gasteiger partial charge < -0.3 is 9.84 Å². The van der Waals surface area contributed by atoms with Crippen LogP contribution in [0.25, 0.3) is 0 Å². The summed E-state index contributed by atoms with van der Waals surface area (Å²) in [5.74, 6) is 0.581. The molecule has 1 N–H and O–H groups in total. The van der Waals surface area contributed by atoms with Gasteiger partial charge >= 0.3 is 0 Å². The lowest BCUT2D eigenvalue weighted by atomic mass is 9.73. The zero-order valence-corrected chi connectivity index (χ0v) is 16.7. The quantitative estimate of drug-likeness (QED) is 0.749. The topological polar surface area (TPSA) is 32.7 Å². The summed E-state index contributed by atoms with van der Waals surface area (Å²) < 4.78 is 5.53. The Labute approximate surface area is 164 Å². The highest BCUT2D eigenvalue weighted by Crippen LogP contribution is 2.42. The van der Waals surface area contributed by atoms with Crippen LogP contribution in [0, 0.1) is 5.92 Å². The minimum absolute atomic E-state index is 0.0259. The molecule has 27 heavy (non-hydrogen) atoms. The van der Waals surface area contributed by atoms with Crippen molar-refractivity contribution in [2.75, 3.05) is 32.8 Å². The van der Waals surface area contributed by atoms with Crippen molar-refractivity contribution < 1.29 is 9.84 Å². The second kappa shape index (κ2) is 9.50. The molecule has 1 heterocycles. The van der Waals surface area contributed by atoms with Crippen LogP contribution in [0.1, 0.15) is 43.7 Å². The molecule has 0 radical (unpaired) electrons. The molecule has 0 spiro atoms. The largest absolute Gasteiger partial charge is 0.384 e. The summed E-state index contributed by atoms with van der Waals surface area (Å²) in [4.78, 5) is 2.43. The third-order valence-electron chi connectivity index (χ3n) is 5.70. The summed E-state index contributed by atoms with van der Waals surface area (Å²) in [6.07, 6.45) is 1.76. The van der Waals surface area contributed by atoms with Crippen molar-refractivity contribution in [1.29, 1.82) is 0 Å². The van der Waals surface area contributed by atoms with Crippen molar-refractivity contribution in [3.8, 4) is 0 Å². The Bertz CT molecular complexity index is 667. The predicted molar refractivity (Wildman–Crippen MR) is 111 cm³/mol. The standard InChI is InChI=1S/C24H33NO2/c1-20(2)13-14-24(26,22-11-7-4-8-12-22)23(21-9-5-3-6-10-21)19-25-15-17-27-18-16-25/h3-12,20,23,26H,13-19H2,1-2H3/t23-,24-/m1/s1. The molecule has 0 amide bonds. The Balaban J connectivity index is 1.98. The number of nitrogens with zero attached hydrogens (tertiary/aromatic N) is 1. The van der Waals surface area contributed by atoms with Gasteiger partial charge in [0.1, 0.15) is 0 Å². The minimum atomic E-state index is -0.884. The molecule has 3 rings (SSSR count). The molecule has 1 aliphatic rings. The monoisotopic (exact) mass is 367 g/mol. The molecule has 2 aromatic carbocycles. The van der Waals surface area contributed by atoms with Crippen molar-refractivity contribution in [3.63, 3.8) is 0 Å². The van der Waals surface area contributed by atoms with Crippen molar-refractivity contribution in [3.05, 3.63) is 71.8 Å². The van der Waals surface area contributed by atoms with E-state index in [1.54, 1.807) is 0 Å². The van der Waals surface area contributed by atoms with Crippen molar-refractivity contribution in [1.82, 2.24) is 4.90 Å². The fourth-order valence-corrected chi connectivity index (χ4v) is 4.01. The van der Waals surface area contributed by atoms with Crippen LogP contribution < -0.4 is 0 Å². The van der Waals surface area contributed by atoms with Crippen LogP contribution in [0.4, 0.5) is 0 Å². The summed E-state index contributed by atoms with van der Waals surface area (Å²) >= 11 is 0. The first kappa shape index (κ1) is 20.1. The predicted octanol–water partition coefficient (Wildman–Crippen LogP) is 4.43. The summed E-state index contributed by atoms with van der Waals surface area (Å²) in [5.41, 5.74) is 1.34. The summed E-state index contributed by atoms with van der Waals surface area (Å²) in [6, 6.07) is 20.8. The maximum Gasteiger partial charge on any atom is 0.0977 e. The Kier molecular flexibility index (Phi) is 7.06. The van der Waals surface area contributed by atoms with Crippen LogP contribution in [0.2, 0.25) is 0 Å². The summed E-state index contributed by atoms with van der Waals surface area (Å²) in [7, 11) is 0. The third-order valence-corrected chi connectivity index (χ3v) is 5.70. The SMILES string of the molecule is CC(C)CC[C@@](O)(c1ccccc1)[C@H](CN1CCOCC1)c1ccccc1. The molecule has 0 unspecified atom stereocenters. The number of morpholine rings is 1. The van der Waals surface area contributed by atoms with Gasteiger partial charge in [0, 0.05) is 25.6 Å². The van der Waals surface area contributed by atoms with Gasteiger partial charge in [-0.25, -0.2) is 0 Å². The van der Waals surface area contributed by atoms with Crippen LogP contribution in [0.5, 0.6) is 0 Å². The van der Waals surface area contributed by atoms with Gasteiger partial charge in [-0.2, -0.15) is 0 Å². The van der Waals surface area contributed by atoms with E-state index in [1.807, 2.05) is 24.3 Å². The lowest BCUT2D eigenvalue weighted by Gasteiger charge is -2.41. The zero-order chi connectivity index (χ0) is 19.1. The van der Waals surface area contributed by atoms with E-state index in [0.717, 1.165) is 51.3 Å². The van der Waals surface area contributed by atoms with Crippen LogP contribution >= 0.6 is 0 Å². The molecule has 0 aromatic heterocycles. The minimum Gasteiger partial charge on any atom is -0.384 e. The molecule has 1 fully saturated rings. The molecule has 0 aliphatic carbocycles. The van der Waals surface area contributed by atoms with Crippen molar-refractivity contribution in [2.45, 2.75) is 38.2 Å². The van der Waals surface area contributed by atoms with Gasteiger partial charge in [0.15, 0.2) is 0 Å². The van der Waals surface area contributed by atoms with Crippen LogP contribution in [-0.2, 0) is 10.3 Å². The van der Waals surface area contributed by atoms with E-state index in [-0.39, 0.29) is 5.92 Å². The van der Waals surface area contributed by atoms with E-state index in [1.165, 1.54) is 5.56 Å². The van der Waals surface area contributed by atoms with Crippen LogP contribution in [0.3, 0.4) is 0 Å². The first-order valence-corrected chi connectivity index (χ1v) is 10.2. The van der Waals surface area contributed by atoms with Gasteiger partial charge in [0.25, 0.3) is 0 Å². The van der Waals surface area contributed by atoms with Crippen molar-refractivity contribution in [2.24, 2.45) is 5.92 Å². The average molecular weight is 368 g/mol. The normalized spacial score (nSPS) is 19.0. The fourth-order valence-electron chi connectivity index (χ4n) is 4.01. The van der Waals surface area contributed by atoms with Crippen LogP contribution in [0.15, 0.2) is 60.7 Å². The second-order valence-corrected chi connectivity index (χ2v) is 8.10. The van der Waals surface area contributed by atoms with E-state index < -0.39 is 5.60 Å². The fraction of sp³-hybridized carbons (Fsp3) is 0.500. The van der Waals surface area contributed by atoms with Crippen LogP contribution in [-0.4, -0.2) is 42.9 Å². The Morgan fingerprint density at radius 1 is 0.963 bits per heavy atom. The van der Waals surface area contributed by atoms with Gasteiger partial charge in [0.2, 0.25) is 0 Å². The molecular formula is C24H33NO2. The number of aliphatic hydroxyl groups is 1. The smallest absolute Gasteiger partial charge is 0.0977 e. The first-order valence-electron chi connectivity index (χ1n) is 10.2. The summed E-state index contributed by atoms with van der Waals surface area (Å²) in [5, 5.41) is 12.1. The summed E-state index contributed by atoms with van der Waals surface area (Å²) in [6.45, 7) is 8.71. The highest BCUT2D eigenvalue weighted by molar-refractivity contribution is 5.32. The van der Waals surface area contributed by atoms with Gasteiger partial charge in [-0.15, -0.1) is 0 Å². The molecule has 2 atom stereocenters. The highest BCUT2D eigenvalue weighted by atomic mass is 16.5. The molecule has 1 saturated heterocycles. The van der Waals surface area contributed by atoms with E-state index in [9.17, 15) is 5.11 Å². The average Bonchev–Trinajstić information content (AvgIpc) is 2.72. The van der Waals surface area contributed by atoms with Gasteiger partial charge in [0.05, 0.1) is 18.8 Å². The molecule has 2 aromatic rings. The van der Waals surface area contributed by atoms with E-state index in [2.05, 4.69) is 55.1 Å².